The fourth-order valence-electron chi connectivity index (χ4n) is 2.14. The molecule has 0 radical (unpaired) electrons. The van der Waals surface area contributed by atoms with Gasteiger partial charge in [0.25, 0.3) is 0 Å². The molecule has 0 bridgehead atoms. The summed E-state index contributed by atoms with van der Waals surface area (Å²) in [4.78, 5) is 5.80. The molecule has 0 aliphatic heterocycles. The molecule has 1 saturated carbocycles. The normalized spacial score (nSPS) is 14.4. The Morgan fingerprint density at radius 3 is 3.05 bits per heavy atom. The maximum absolute atomic E-state index is 5.79. The average Bonchev–Trinajstić information content (AvgIpc) is 3.12. The number of nitrogens with one attached hydrogen (secondary N) is 1. The van der Waals surface area contributed by atoms with Crippen LogP contribution in [0.1, 0.15) is 29.0 Å². The van der Waals surface area contributed by atoms with Crippen LogP contribution in [0.5, 0.6) is 5.88 Å². The molecule has 3 nitrogen and oxygen atoms in total. The summed E-state index contributed by atoms with van der Waals surface area (Å²) < 4.78 is 5.79. The van der Waals surface area contributed by atoms with E-state index in [1.54, 1.807) is 11.3 Å². The van der Waals surface area contributed by atoms with E-state index in [1.807, 2.05) is 6.92 Å². The highest BCUT2D eigenvalue weighted by Gasteiger charge is 2.20. The number of thiophene rings is 1. The van der Waals surface area contributed by atoms with Crippen molar-refractivity contribution in [3.05, 3.63) is 45.8 Å². The molecule has 0 spiro atoms. The smallest absolute Gasteiger partial charge is 0.213 e. The Balaban J connectivity index is 1.54. The molecule has 2 aromatic rings. The van der Waals surface area contributed by atoms with Crippen LogP contribution in [0.3, 0.4) is 0 Å². The van der Waals surface area contributed by atoms with Crippen LogP contribution in [0.15, 0.2) is 29.6 Å². The Morgan fingerprint density at radius 1 is 1.40 bits per heavy atom. The van der Waals surface area contributed by atoms with Crippen molar-refractivity contribution >= 4 is 11.3 Å². The van der Waals surface area contributed by atoms with Crippen LogP contribution in [0.25, 0.3) is 0 Å². The van der Waals surface area contributed by atoms with E-state index in [0.29, 0.717) is 6.61 Å². The number of hydrogen-bond acceptors (Lipinski definition) is 4. The first kappa shape index (κ1) is 13.6. The van der Waals surface area contributed by atoms with Crippen LogP contribution in [-0.2, 0) is 13.0 Å². The minimum atomic E-state index is 0.687. The SMILES string of the molecule is Cc1cc(CNC2CC2)cc(OCCc2cccs2)n1. The molecule has 0 amide bonds. The lowest BCUT2D eigenvalue weighted by Crippen LogP contribution is -2.15. The van der Waals surface area contributed by atoms with Gasteiger partial charge in [0.05, 0.1) is 6.61 Å². The van der Waals surface area contributed by atoms with E-state index in [0.717, 1.165) is 30.6 Å². The standard InChI is InChI=1S/C16H20N2OS/c1-12-9-13(11-17-14-4-5-14)10-16(18-12)19-7-6-15-3-2-8-20-15/h2-3,8-10,14,17H,4-7,11H2,1H3. The molecule has 1 fully saturated rings. The first-order chi connectivity index (χ1) is 9.79. The first-order valence-corrected chi connectivity index (χ1v) is 8.04. The van der Waals surface area contributed by atoms with Gasteiger partial charge in [0, 0.05) is 35.6 Å². The van der Waals surface area contributed by atoms with Crippen molar-refractivity contribution < 1.29 is 4.74 Å². The van der Waals surface area contributed by atoms with Gasteiger partial charge in [-0.2, -0.15) is 0 Å². The zero-order valence-electron chi connectivity index (χ0n) is 11.8. The number of ether oxygens (including phenoxy) is 1. The number of aromatic nitrogens is 1. The third kappa shape index (κ3) is 4.05. The summed E-state index contributed by atoms with van der Waals surface area (Å²) in [5, 5.41) is 5.62. The number of pyridine rings is 1. The third-order valence-corrected chi connectivity index (χ3v) is 4.28. The predicted molar refractivity (Wildman–Crippen MR) is 82.4 cm³/mol. The topological polar surface area (TPSA) is 34.1 Å². The number of hydrogen-bond donors (Lipinski definition) is 1. The summed E-state index contributed by atoms with van der Waals surface area (Å²) in [5.74, 6) is 0.745. The maximum atomic E-state index is 5.79. The lowest BCUT2D eigenvalue weighted by atomic mass is 10.2. The van der Waals surface area contributed by atoms with E-state index in [-0.39, 0.29) is 0 Å². The Morgan fingerprint density at radius 2 is 2.30 bits per heavy atom. The van der Waals surface area contributed by atoms with Gasteiger partial charge < -0.3 is 10.1 Å². The Kier molecular flexibility index (Phi) is 4.33. The van der Waals surface area contributed by atoms with Gasteiger partial charge in [0.15, 0.2) is 0 Å². The van der Waals surface area contributed by atoms with Gasteiger partial charge in [-0.1, -0.05) is 6.07 Å². The van der Waals surface area contributed by atoms with Crippen molar-refractivity contribution in [1.29, 1.82) is 0 Å². The van der Waals surface area contributed by atoms with Gasteiger partial charge in [-0.3, -0.25) is 0 Å². The van der Waals surface area contributed by atoms with Gasteiger partial charge in [0.2, 0.25) is 5.88 Å². The predicted octanol–water partition coefficient (Wildman–Crippen LogP) is 3.33. The monoisotopic (exact) mass is 288 g/mol. The summed E-state index contributed by atoms with van der Waals surface area (Å²) in [6.07, 6.45) is 3.57. The fourth-order valence-corrected chi connectivity index (χ4v) is 2.83. The van der Waals surface area contributed by atoms with Crippen molar-refractivity contribution in [2.75, 3.05) is 6.61 Å². The molecule has 1 aliphatic rings. The molecule has 4 heteroatoms. The van der Waals surface area contributed by atoms with Crippen molar-refractivity contribution in [2.45, 2.75) is 38.8 Å². The Hall–Kier alpha value is -1.39. The van der Waals surface area contributed by atoms with Crippen LogP contribution in [0, 0.1) is 6.92 Å². The summed E-state index contributed by atoms with van der Waals surface area (Å²) >= 11 is 1.77. The highest BCUT2D eigenvalue weighted by atomic mass is 32.1. The molecule has 0 unspecified atom stereocenters. The Labute approximate surface area is 124 Å². The maximum Gasteiger partial charge on any atom is 0.213 e. The van der Waals surface area contributed by atoms with Crippen LogP contribution >= 0.6 is 11.3 Å². The minimum Gasteiger partial charge on any atom is -0.477 e. The molecule has 1 N–H and O–H groups in total. The largest absolute Gasteiger partial charge is 0.477 e. The quantitative estimate of drug-likeness (QED) is 0.848. The molecule has 0 atom stereocenters. The fraction of sp³-hybridized carbons (Fsp3) is 0.438. The number of nitrogens with zero attached hydrogens (tertiary/aromatic N) is 1. The van der Waals surface area contributed by atoms with Crippen LogP contribution in [0.2, 0.25) is 0 Å². The van der Waals surface area contributed by atoms with Gasteiger partial charge in [0.1, 0.15) is 0 Å². The van der Waals surface area contributed by atoms with E-state index in [2.05, 4.69) is 39.9 Å². The van der Waals surface area contributed by atoms with E-state index >= 15 is 0 Å². The van der Waals surface area contributed by atoms with Crippen molar-refractivity contribution in [1.82, 2.24) is 10.3 Å². The molecule has 20 heavy (non-hydrogen) atoms. The second-order valence-corrected chi connectivity index (χ2v) is 6.32. The zero-order valence-corrected chi connectivity index (χ0v) is 12.6. The summed E-state index contributed by atoms with van der Waals surface area (Å²) in [6.45, 7) is 3.62. The summed E-state index contributed by atoms with van der Waals surface area (Å²) in [6, 6.07) is 9.12. The highest BCUT2D eigenvalue weighted by Crippen LogP contribution is 2.20. The van der Waals surface area contributed by atoms with Gasteiger partial charge in [-0.15, -0.1) is 11.3 Å². The molecule has 0 aromatic carbocycles. The molecule has 0 saturated heterocycles. The second kappa shape index (κ2) is 6.37. The molecule has 106 valence electrons. The zero-order chi connectivity index (χ0) is 13.8. The summed E-state index contributed by atoms with van der Waals surface area (Å²) in [5.41, 5.74) is 2.28. The molecular weight excluding hydrogens is 268 g/mol. The van der Waals surface area contributed by atoms with Crippen LogP contribution in [0.4, 0.5) is 0 Å². The lowest BCUT2D eigenvalue weighted by molar-refractivity contribution is 0.309. The lowest BCUT2D eigenvalue weighted by Gasteiger charge is -2.09. The van der Waals surface area contributed by atoms with Crippen LogP contribution < -0.4 is 10.1 Å². The van der Waals surface area contributed by atoms with E-state index in [4.69, 9.17) is 4.74 Å². The number of rotatable bonds is 7. The third-order valence-electron chi connectivity index (χ3n) is 3.34. The van der Waals surface area contributed by atoms with Crippen molar-refractivity contribution in [3.63, 3.8) is 0 Å². The molecule has 1 aliphatic carbocycles. The van der Waals surface area contributed by atoms with E-state index in [9.17, 15) is 0 Å². The number of aryl methyl sites for hydroxylation is 1. The van der Waals surface area contributed by atoms with Crippen molar-refractivity contribution in [3.8, 4) is 5.88 Å². The van der Waals surface area contributed by atoms with Crippen LogP contribution in [-0.4, -0.2) is 17.6 Å². The minimum absolute atomic E-state index is 0.687. The second-order valence-electron chi connectivity index (χ2n) is 5.29. The highest BCUT2D eigenvalue weighted by molar-refractivity contribution is 7.09. The average molecular weight is 288 g/mol. The first-order valence-electron chi connectivity index (χ1n) is 7.16. The van der Waals surface area contributed by atoms with E-state index < -0.39 is 0 Å². The molecule has 2 aromatic heterocycles. The van der Waals surface area contributed by atoms with Crippen molar-refractivity contribution in [2.24, 2.45) is 0 Å². The Bertz CT molecular complexity index is 550. The molecule has 2 heterocycles. The van der Waals surface area contributed by atoms with Gasteiger partial charge in [-0.25, -0.2) is 4.98 Å². The summed E-state index contributed by atoms with van der Waals surface area (Å²) in [7, 11) is 0. The van der Waals surface area contributed by atoms with Gasteiger partial charge >= 0.3 is 0 Å². The molecular formula is C16H20N2OS. The molecule has 3 rings (SSSR count). The van der Waals surface area contributed by atoms with Gasteiger partial charge in [-0.05, 0) is 42.8 Å². The van der Waals surface area contributed by atoms with E-state index in [1.165, 1.54) is 23.3 Å².